The number of halogens is 1. The minimum absolute atomic E-state index is 0.0991. The van der Waals surface area contributed by atoms with Crippen LogP contribution in [0.2, 0.25) is 0 Å². The Morgan fingerprint density at radius 2 is 1.65 bits per heavy atom. The number of carbonyl (C=O) groups is 1. The molecule has 0 bridgehead atoms. The van der Waals surface area contributed by atoms with Crippen molar-refractivity contribution in [2.45, 2.75) is 44.6 Å². The van der Waals surface area contributed by atoms with E-state index in [1.165, 1.54) is 0 Å². The van der Waals surface area contributed by atoms with Gasteiger partial charge in [0.25, 0.3) is 0 Å². The fourth-order valence-corrected chi connectivity index (χ4v) is 4.17. The van der Waals surface area contributed by atoms with Gasteiger partial charge in [0, 0.05) is 6.54 Å². The molecule has 2 N–H and O–H groups in total. The molecule has 1 unspecified atom stereocenters. The lowest BCUT2D eigenvalue weighted by atomic mass is 10.1. The number of hydrogen-bond acceptors (Lipinski definition) is 5. The second-order valence-electron chi connectivity index (χ2n) is 6.72. The van der Waals surface area contributed by atoms with Gasteiger partial charge in [-0.3, -0.25) is 4.79 Å². The molecule has 31 heavy (non-hydrogen) atoms. The smallest absolute Gasteiger partial charge is 0.241 e. The third-order valence-corrected chi connectivity index (χ3v) is 5.95. The van der Waals surface area contributed by atoms with Crippen LogP contribution in [-0.4, -0.2) is 40.1 Å². The number of ether oxygens (including phenoxy) is 2. The molecule has 0 saturated carbocycles. The summed E-state index contributed by atoms with van der Waals surface area (Å²) < 4.78 is 51.5. The zero-order chi connectivity index (χ0) is 22.9. The summed E-state index contributed by atoms with van der Waals surface area (Å²) in [6, 6.07) is 9.09. The van der Waals surface area contributed by atoms with E-state index < -0.39 is 27.8 Å². The zero-order valence-electron chi connectivity index (χ0n) is 18.0. The van der Waals surface area contributed by atoms with Gasteiger partial charge >= 0.3 is 0 Å². The highest BCUT2D eigenvalue weighted by atomic mass is 32.2. The maximum absolute atomic E-state index is 13.0. The maximum atomic E-state index is 13.0. The molecule has 0 fully saturated rings. The van der Waals surface area contributed by atoms with Crippen molar-refractivity contribution in [2.24, 2.45) is 0 Å². The Morgan fingerprint density at radius 3 is 2.26 bits per heavy atom. The van der Waals surface area contributed by atoms with Gasteiger partial charge in [0.2, 0.25) is 15.9 Å². The molecule has 0 aliphatic heterocycles. The van der Waals surface area contributed by atoms with Crippen LogP contribution in [0.5, 0.6) is 11.5 Å². The summed E-state index contributed by atoms with van der Waals surface area (Å²) in [6.45, 7) is 6.86. The number of carbonyl (C=O) groups excluding carboxylic acids is 1. The van der Waals surface area contributed by atoms with Gasteiger partial charge < -0.3 is 14.8 Å². The molecule has 1 amide bonds. The Morgan fingerprint density at radius 1 is 1.00 bits per heavy atom. The highest BCUT2D eigenvalue weighted by molar-refractivity contribution is 7.89. The first-order valence-corrected chi connectivity index (χ1v) is 11.7. The summed E-state index contributed by atoms with van der Waals surface area (Å²) in [6.07, 6.45) is 0.809. The Kier molecular flexibility index (Phi) is 9.26. The fraction of sp³-hybridized carbons (Fsp3) is 0.409. The second kappa shape index (κ2) is 11.7. The van der Waals surface area contributed by atoms with E-state index in [2.05, 4.69) is 10.0 Å². The van der Waals surface area contributed by atoms with Crippen LogP contribution < -0.4 is 19.5 Å². The molecule has 7 nitrogen and oxygen atoms in total. The van der Waals surface area contributed by atoms with E-state index in [1.54, 1.807) is 6.92 Å². The van der Waals surface area contributed by atoms with Gasteiger partial charge in [-0.1, -0.05) is 13.0 Å². The van der Waals surface area contributed by atoms with Crippen molar-refractivity contribution in [1.29, 1.82) is 0 Å². The topological polar surface area (TPSA) is 93.7 Å². The van der Waals surface area contributed by atoms with Gasteiger partial charge in [-0.25, -0.2) is 12.8 Å². The molecule has 0 spiro atoms. The second-order valence-corrected chi connectivity index (χ2v) is 8.44. The molecule has 9 heteroatoms. The Bertz CT molecular complexity index is 964. The molecule has 0 aromatic heterocycles. The molecule has 0 saturated heterocycles. The van der Waals surface area contributed by atoms with Crippen LogP contribution in [0.25, 0.3) is 0 Å². The molecule has 170 valence electrons. The van der Waals surface area contributed by atoms with Gasteiger partial charge in [0.1, 0.15) is 11.9 Å². The third-order valence-electron chi connectivity index (χ3n) is 4.47. The molecule has 2 aromatic rings. The van der Waals surface area contributed by atoms with Gasteiger partial charge in [0.15, 0.2) is 11.5 Å². The first-order chi connectivity index (χ1) is 14.8. The van der Waals surface area contributed by atoms with Gasteiger partial charge in [-0.15, -0.1) is 0 Å². The van der Waals surface area contributed by atoms with Crippen LogP contribution in [0, 0.1) is 5.82 Å². The summed E-state index contributed by atoms with van der Waals surface area (Å²) in [5.74, 6) is 0.347. The Balaban J connectivity index is 1.96. The number of amides is 1. The van der Waals surface area contributed by atoms with E-state index in [1.807, 2.05) is 32.0 Å². The number of sulfonamides is 1. The third kappa shape index (κ3) is 7.22. The van der Waals surface area contributed by atoms with Crippen LogP contribution >= 0.6 is 0 Å². The summed E-state index contributed by atoms with van der Waals surface area (Å²) in [4.78, 5) is 12.4. The quantitative estimate of drug-likeness (QED) is 0.516. The highest BCUT2D eigenvalue weighted by Gasteiger charge is 2.24. The van der Waals surface area contributed by atoms with Crippen molar-refractivity contribution in [3.05, 3.63) is 53.8 Å². The number of benzene rings is 2. The standard InChI is InChI=1S/C22H29FN2O5S/c1-4-19(25-31(27,28)18-10-8-17(23)9-11-18)22(26)24-14-13-16-7-12-20(29-5-2)21(15-16)30-6-3/h7-12,15,19,25H,4-6,13-14H2,1-3H3,(H,24,26). The van der Waals surface area contributed by atoms with E-state index in [9.17, 15) is 17.6 Å². The summed E-state index contributed by atoms with van der Waals surface area (Å²) >= 11 is 0. The maximum Gasteiger partial charge on any atom is 0.241 e. The number of hydrogen-bond donors (Lipinski definition) is 2. The van der Waals surface area contributed by atoms with E-state index >= 15 is 0 Å². The molecule has 1 atom stereocenters. The van der Waals surface area contributed by atoms with E-state index in [4.69, 9.17) is 9.47 Å². The molecule has 0 heterocycles. The van der Waals surface area contributed by atoms with E-state index in [0.717, 1.165) is 29.8 Å². The average Bonchev–Trinajstić information content (AvgIpc) is 2.74. The van der Waals surface area contributed by atoms with Crippen molar-refractivity contribution in [2.75, 3.05) is 19.8 Å². The van der Waals surface area contributed by atoms with Gasteiger partial charge in [-0.2, -0.15) is 4.72 Å². The lowest BCUT2D eigenvalue weighted by Crippen LogP contribution is -2.46. The predicted octanol–water partition coefficient (Wildman–Crippen LogP) is 3.04. The van der Waals surface area contributed by atoms with E-state index in [0.29, 0.717) is 37.7 Å². The number of nitrogens with one attached hydrogen (secondary N) is 2. The van der Waals surface area contributed by atoms with E-state index in [-0.39, 0.29) is 11.3 Å². The zero-order valence-corrected chi connectivity index (χ0v) is 18.8. The van der Waals surface area contributed by atoms with Crippen molar-refractivity contribution in [3.8, 4) is 11.5 Å². The van der Waals surface area contributed by atoms with Crippen LogP contribution in [0.3, 0.4) is 0 Å². The number of rotatable bonds is 12. The van der Waals surface area contributed by atoms with Crippen molar-refractivity contribution in [3.63, 3.8) is 0 Å². The normalized spacial score (nSPS) is 12.3. The van der Waals surface area contributed by atoms with Crippen molar-refractivity contribution in [1.82, 2.24) is 10.0 Å². The summed E-state index contributed by atoms with van der Waals surface area (Å²) in [5, 5.41) is 2.76. The minimum Gasteiger partial charge on any atom is -0.490 e. The predicted molar refractivity (Wildman–Crippen MR) is 116 cm³/mol. The molecule has 2 rings (SSSR count). The van der Waals surface area contributed by atoms with Crippen LogP contribution in [0.4, 0.5) is 4.39 Å². The first-order valence-electron chi connectivity index (χ1n) is 10.2. The molecule has 2 aromatic carbocycles. The summed E-state index contributed by atoms with van der Waals surface area (Å²) in [7, 11) is -3.94. The molecular weight excluding hydrogens is 423 g/mol. The van der Waals surface area contributed by atoms with Crippen LogP contribution in [0.15, 0.2) is 47.4 Å². The summed E-state index contributed by atoms with van der Waals surface area (Å²) in [5.41, 5.74) is 0.951. The lowest BCUT2D eigenvalue weighted by Gasteiger charge is -2.17. The van der Waals surface area contributed by atoms with Crippen molar-refractivity contribution >= 4 is 15.9 Å². The molecule has 0 radical (unpaired) electrons. The molecule has 0 aliphatic carbocycles. The first kappa shape index (κ1) is 24.6. The van der Waals surface area contributed by atoms with Crippen LogP contribution in [-0.2, 0) is 21.2 Å². The fourth-order valence-electron chi connectivity index (χ4n) is 2.90. The minimum atomic E-state index is -3.94. The SMILES string of the molecule is CCOc1ccc(CCNC(=O)C(CC)NS(=O)(=O)c2ccc(F)cc2)cc1OCC. The largest absolute Gasteiger partial charge is 0.490 e. The average molecular weight is 453 g/mol. The van der Waals surface area contributed by atoms with Gasteiger partial charge in [-0.05, 0) is 68.7 Å². The van der Waals surface area contributed by atoms with Gasteiger partial charge in [0.05, 0.1) is 18.1 Å². The van der Waals surface area contributed by atoms with Crippen molar-refractivity contribution < 1.29 is 27.1 Å². The Labute approximate surface area is 183 Å². The molecular formula is C22H29FN2O5S. The van der Waals surface area contributed by atoms with Crippen LogP contribution in [0.1, 0.15) is 32.8 Å². The highest BCUT2D eigenvalue weighted by Crippen LogP contribution is 2.28. The Hall–Kier alpha value is -2.65. The lowest BCUT2D eigenvalue weighted by molar-refractivity contribution is -0.122. The monoisotopic (exact) mass is 452 g/mol. The molecule has 0 aliphatic rings.